The lowest BCUT2D eigenvalue weighted by Crippen LogP contribution is -2.30. The Hall–Kier alpha value is -2.84. The third-order valence-electron chi connectivity index (χ3n) is 3.24. The first-order valence-corrected chi connectivity index (χ1v) is 6.75. The molecule has 0 spiro atoms. The summed E-state index contributed by atoms with van der Waals surface area (Å²) in [6.07, 6.45) is -5.65. The molecule has 1 aromatic heterocycles. The van der Waals surface area contributed by atoms with Gasteiger partial charge in [-0.05, 0) is 26.0 Å². The number of carbonyl (C=O) groups is 2. The van der Waals surface area contributed by atoms with Gasteiger partial charge in [-0.15, -0.1) is 0 Å². The Labute approximate surface area is 134 Å². The van der Waals surface area contributed by atoms with E-state index in [0.717, 1.165) is 24.3 Å². The monoisotopic (exact) mass is 342 g/mol. The van der Waals surface area contributed by atoms with Gasteiger partial charge in [0.25, 0.3) is 5.91 Å². The van der Waals surface area contributed by atoms with Crippen molar-refractivity contribution in [3.05, 3.63) is 41.2 Å². The molecule has 1 aromatic carbocycles. The average molecular weight is 342 g/mol. The molecule has 0 saturated carbocycles. The minimum atomic E-state index is -4.48. The number of aromatic nitrogens is 1. The van der Waals surface area contributed by atoms with E-state index in [1.54, 1.807) is 0 Å². The van der Waals surface area contributed by atoms with Crippen LogP contribution in [0.1, 0.15) is 28.6 Å². The van der Waals surface area contributed by atoms with Gasteiger partial charge >= 0.3 is 12.1 Å². The van der Waals surface area contributed by atoms with E-state index in [4.69, 9.17) is 15.0 Å². The number of alkyl halides is 3. The van der Waals surface area contributed by atoms with Crippen LogP contribution in [0, 0.1) is 6.92 Å². The quantitative estimate of drug-likeness (QED) is 0.862. The fourth-order valence-corrected chi connectivity index (χ4v) is 1.90. The number of aryl methyl sites for hydroxylation is 1. The number of amides is 1. The zero-order valence-corrected chi connectivity index (χ0v) is 12.7. The minimum absolute atomic E-state index is 0.0166. The minimum Gasteiger partial charge on any atom is -0.449 e. The lowest BCUT2D eigenvalue weighted by atomic mass is 10.0. The van der Waals surface area contributed by atoms with Crippen molar-refractivity contribution < 1.29 is 32.0 Å². The summed E-state index contributed by atoms with van der Waals surface area (Å²) < 4.78 is 47.6. The maximum atomic E-state index is 12.6. The molecule has 128 valence electrons. The number of hydrogen-bond acceptors (Lipinski definition) is 5. The molecule has 0 aliphatic heterocycles. The molecular formula is C15H13F3N2O4. The molecule has 0 fully saturated rings. The van der Waals surface area contributed by atoms with Crippen LogP contribution in [0.2, 0.25) is 0 Å². The molecular weight excluding hydrogens is 329 g/mol. The summed E-state index contributed by atoms with van der Waals surface area (Å²) >= 11 is 0. The van der Waals surface area contributed by atoms with Gasteiger partial charge in [-0.1, -0.05) is 17.3 Å². The Morgan fingerprint density at radius 2 is 1.83 bits per heavy atom. The Morgan fingerprint density at radius 3 is 2.33 bits per heavy atom. The number of rotatable bonds is 4. The molecule has 1 atom stereocenters. The SMILES string of the molecule is Cc1onc(-c2ccc(C(F)(F)F)cc2)c1C(=O)O[C@H](C)C(N)=O. The van der Waals surface area contributed by atoms with Crippen LogP contribution in [0.3, 0.4) is 0 Å². The predicted octanol–water partition coefficient (Wildman–Crippen LogP) is 2.70. The molecule has 2 rings (SSSR count). The van der Waals surface area contributed by atoms with Crippen LogP contribution < -0.4 is 5.73 Å². The van der Waals surface area contributed by atoms with Crippen LogP contribution in [0.15, 0.2) is 28.8 Å². The zero-order chi connectivity index (χ0) is 18.1. The highest BCUT2D eigenvalue weighted by molar-refractivity contribution is 5.98. The van der Waals surface area contributed by atoms with E-state index in [1.165, 1.54) is 13.8 Å². The highest BCUT2D eigenvalue weighted by Crippen LogP contribution is 2.32. The average Bonchev–Trinajstić information content (AvgIpc) is 2.88. The summed E-state index contributed by atoms with van der Waals surface area (Å²) in [5.41, 5.74) is 4.36. The number of ether oxygens (including phenoxy) is 1. The molecule has 0 aliphatic rings. The summed E-state index contributed by atoms with van der Waals surface area (Å²) in [5, 5.41) is 3.68. The van der Waals surface area contributed by atoms with Crippen LogP contribution in [0.25, 0.3) is 11.3 Å². The molecule has 24 heavy (non-hydrogen) atoms. The molecule has 0 saturated heterocycles. The van der Waals surface area contributed by atoms with E-state index in [1.807, 2.05) is 0 Å². The van der Waals surface area contributed by atoms with Gasteiger partial charge in [-0.3, -0.25) is 4.79 Å². The molecule has 6 nitrogen and oxygen atoms in total. The van der Waals surface area contributed by atoms with Gasteiger partial charge in [-0.2, -0.15) is 13.2 Å². The van der Waals surface area contributed by atoms with Crippen LogP contribution in [0.4, 0.5) is 13.2 Å². The van der Waals surface area contributed by atoms with E-state index in [-0.39, 0.29) is 22.6 Å². The van der Waals surface area contributed by atoms with Crippen LogP contribution >= 0.6 is 0 Å². The number of esters is 1. The summed E-state index contributed by atoms with van der Waals surface area (Å²) in [7, 11) is 0. The number of hydrogen-bond donors (Lipinski definition) is 1. The van der Waals surface area contributed by atoms with E-state index >= 15 is 0 Å². The summed E-state index contributed by atoms with van der Waals surface area (Å²) in [4.78, 5) is 23.1. The van der Waals surface area contributed by atoms with Crippen molar-refractivity contribution in [2.45, 2.75) is 26.1 Å². The first-order valence-electron chi connectivity index (χ1n) is 6.75. The van der Waals surface area contributed by atoms with Crippen molar-refractivity contribution in [3.63, 3.8) is 0 Å². The second-order valence-corrected chi connectivity index (χ2v) is 4.99. The second-order valence-electron chi connectivity index (χ2n) is 4.99. The number of carbonyl (C=O) groups excluding carboxylic acids is 2. The number of nitrogens with zero attached hydrogens (tertiary/aromatic N) is 1. The third kappa shape index (κ3) is 3.55. The predicted molar refractivity (Wildman–Crippen MR) is 75.7 cm³/mol. The number of primary amides is 1. The fraction of sp³-hybridized carbons (Fsp3) is 0.267. The molecule has 1 heterocycles. The molecule has 0 aliphatic carbocycles. The van der Waals surface area contributed by atoms with Gasteiger partial charge in [0.1, 0.15) is 17.0 Å². The van der Waals surface area contributed by atoms with Crippen molar-refractivity contribution >= 4 is 11.9 Å². The van der Waals surface area contributed by atoms with Crippen LogP contribution in [-0.2, 0) is 15.7 Å². The van der Waals surface area contributed by atoms with Gasteiger partial charge < -0.3 is 15.0 Å². The molecule has 0 bridgehead atoms. The van der Waals surface area contributed by atoms with Gasteiger partial charge in [-0.25, -0.2) is 4.79 Å². The van der Waals surface area contributed by atoms with Crippen molar-refractivity contribution in [1.82, 2.24) is 5.16 Å². The second kappa shape index (κ2) is 6.34. The van der Waals surface area contributed by atoms with Crippen LogP contribution in [0.5, 0.6) is 0 Å². The van der Waals surface area contributed by atoms with Crippen LogP contribution in [-0.4, -0.2) is 23.1 Å². The first kappa shape index (κ1) is 17.5. The van der Waals surface area contributed by atoms with Crippen molar-refractivity contribution in [2.75, 3.05) is 0 Å². The Morgan fingerprint density at radius 1 is 1.25 bits per heavy atom. The number of halogens is 3. The molecule has 0 radical (unpaired) electrons. The van der Waals surface area contributed by atoms with E-state index in [0.29, 0.717) is 0 Å². The summed E-state index contributed by atoms with van der Waals surface area (Å²) in [5.74, 6) is -1.64. The van der Waals surface area contributed by atoms with E-state index in [2.05, 4.69) is 5.16 Å². The van der Waals surface area contributed by atoms with E-state index in [9.17, 15) is 22.8 Å². The normalized spacial score (nSPS) is 12.7. The van der Waals surface area contributed by atoms with E-state index < -0.39 is 29.7 Å². The fourth-order valence-electron chi connectivity index (χ4n) is 1.90. The van der Waals surface area contributed by atoms with Gasteiger partial charge in [0, 0.05) is 5.56 Å². The Kier molecular flexibility index (Phi) is 4.63. The zero-order valence-electron chi connectivity index (χ0n) is 12.7. The van der Waals surface area contributed by atoms with Gasteiger partial charge in [0.05, 0.1) is 5.56 Å². The molecule has 2 aromatic rings. The third-order valence-corrected chi connectivity index (χ3v) is 3.24. The first-order chi connectivity index (χ1) is 11.1. The summed E-state index contributed by atoms with van der Waals surface area (Å²) in [6.45, 7) is 2.73. The van der Waals surface area contributed by atoms with Gasteiger partial charge in [0.15, 0.2) is 6.10 Å². The topological polar surface area (TPSA) is 95.4 Å². The molecule has 2 N–H and O–H groups in total. The van der Waals surface area contributed by atoms with Gasteiger partial charge in [0.2, 0.25) is 0 Å². The summed E-state index contributed by atoms with van der Waals surface area (Å²) in [6, 6.07) is 4.05. The molecule has 0 unspecified atom stereocenters. The molecule has 9 heteroatoms. The molecule has 1 amide bonds. The number of nitrogens with two attached hydrogens (primary N) is 1. The maximum absolute atomic E-state index is 12.6. The number of benzene rings is 1. The lowest BCUT2D eigenvalue weighted by Gasteiger charge is -2.10. The highest BCUT2D eigenvalue weighted by Gasteiger charge is 2.31. The van der Waals surface area contributed by atoms with Crippen molar-refractivity contribution in [2.24, 2.45) is 5.73 Å². The smallest absolute Gasteiger partial charge is 0.416 e. The van der Waals surface area contributed by atoms with Crippen molar-refractivity contribution in [3.8, 4) is 11.3 Å². The highest BCUT2D eigenvalue weighted by atomic mass is 19.4. The largest absolute Gasteiger partial charge is 0.449 e. The maximum Gasteiger partial charge on any atom is 0.416 e. The lowest BCUT2D eigenvalue weighted by molar-refractivity contribution is -0.137. The Bertz CT molecular complexity index is 766. The standard InChI is InChI=1S/C15H13F3N2O4/c1-7-11(14(22)23-8(2)13(19)21)12(20-24-7)9-3-5-10(6-4-9)15(16,17)18/h3-6,8H,1-2H3,(H2,19,21)/t8-/m1/s1. The van der Waals surface area contributed by atoms with Crippen molar-refractivity contribution in [1.29, 1.82) is 0 Å². The Balaban J connectivity index is 2.36.